The fourth-order valence-electron chi connectivity index (χ4n) is 2.83. The number of nitrogens with zero attached hydrogens (tertiary/aromatic N) is 1. The Morgan fingerprint density at radius 1 is 1.47 bits per heavy atom. The molecule has 2 aliphatic rings. The average molecular weight is 240 g/mol. The summed E-state index contributed by atoms with van der Waals surface area (Å²) < 4.78 is 5.57. The zero-order valence-corrected chi connectivity index (χ0v) is 11.3. The van der Waals surface area contributed by atoms with Gasteiger partial charge in [0.05, 0.1) is 18.3 Å². The molecule has 0 bridgehead atoms. The van der Waals surface area contributed by atoms with Crippen LogP contribution < -0.4 is 5.32 Å². The predicted molar refractivity (Wildman–Crippen MR) is 66.5 cm³/mol. The minimum Gasteiger partial charge on any atom is -0.378 e. The van der Waals surface area contributed by atoms with Crippen LogP contribution in [0.4, 0.5) is 0 Å². The molecule has 4 heteroatoms. The van der Waals surface area contributed by atoms with Gasteiger partial charge >= 0.3 is 0 Å². The van der Waals surface area contributed by atoms with Gasteiger partial charge in [0, 0.05) is 12.6 Å². The van der Waals surface area contributed by atoms with Crippen LogP contribution in [0, 0.1) is 5.92 Å². The first kappa shape index (κ1) is 12.8. The van der Waals surface area contributed by atoms with Gasteiger partial charge in [-0.05, 0) is 32.6 Å². The Morgan fingerprint density at radius 3 is 2.65 bits per heavy atom. The van der Waals surface area contributed by atoms with Gasteiger partial charge in [0.25, 0.3) is 0 Å². The highest BCUT2D eigenvalue weighted by Crippen LogP contribution is 2.33. The maximum Gasteiger partial charge on any atom is 0.240 e. The normalized spacial score (nSPS) is 37.7. The van der Waals surface area contributed by atoms with E-state index in [0.29, 0.717) is 18.1 Å². The van der Waals surface area contributed by atoms with Crippen LogP contribution in [0.25, 0.3) is 0 Å². The minimum absolute atomic E-state index is 0.0338. The molecule has 0 spiro atoms. The summed E-state index contributed by atoms with van der Waals surface area (Å²) in [6.07, 6.45) is 2.56. The number of carbonyl (C=O) groups is 1. The molecule has 0 aromatic heterocycles. The molecule has 1 aliphatic carbocycles. The molecule has 1 heterocycles. The maximum atomic E-state index is 12.1. The molecule has 98 valence electrons. The maximum absolute atomic E-state index is 12.1. The first-order valence-electron chi connectivity index (χ1n) is 6.74. The van der Waals surface area contributed by atoms with Crippen LogP contribution in [0.2, 0.25) is 0 Å². The summed E-state index contributed by atoms with van der Waals surface area (Å²) in [6, 6.07) is 0.345. The zero-order chi connectivity index (χ0) is 12.6. The van der Waals surface area contributed by atoms with E-state index in [9.17, 15) is 4.79 Å². The number of hydrogen-bond donors (Lipinski definition) is 1. The standard InChI is InChI=1S/C13H24N2O2/c1-5-17-11-6-10(7-11)15-12(8(2)3)14-9(4)13(15)16/h8-12,14H,5-7H2,1-4H3. The largest absolute Gasteiger partial charge is 0.378 e. The van der Waals surface area contributed by atoms with Crippen molar-refractivity contribution in [1.82, 2.24) is 10.2 Å². The molecule has 1 N–H and O–H groups in total. The van der Waals surface area contributed by atoms with Gasteiger partial charge in [-0.15, -0.1) is 0 Å². The molecule has 0 aromatic carbocycles. The van der Waals surface area contributed by atoms with Crippen molar-refractivity contribution in [3.63, 3.8) is 0 Å². The molecular formula is C13H24N2O2. The van der Waals surface area contributed by atoms with E-state index in [1.807, 2.05) is 13.8 Å². The Kier molecular flexibility index (Phi) is 3.73. The smallest absolute Gasteiger partial charge is 0.240 e. The summed E-state index contributed by atoms with van der Waals surface area (Å²) >= 11 is 0. The van der Waals surface area contributed by atoms with Crippen molar-refractivity contribution >= 4 is 5.91 Å². The Balaban J connectivity index is 1.97. The minimum atomic E-state index is -0.0338. The van der Waals surface area contributed by atoms with Gasteiger partial charge in [0.1, 0.15) is 0 Å². The van der Waals surface area contributed by atoms with Gasteiger partial charge < -0.3 is 9.64 Å². The SMILES string of the molecule is CCOC1CC(N2C(=O)C(C)NC2C(C)C)C1. The molecule has 1 saturated carbocycles. The van der Waals surface area contributed by atoms with Gasteiger partial charge in [-0.3, -0.25) is 10.1 Å². The first-order valence-corrected chi connectivity index (χ1v) is 6.74. The zero-order valence-electron chi connectivity index (χ0n) is 11.3. The fraction of sp³-hybridized carbons (Fsp3) is 0.923. The second-order valence-electron chi connectivity index (χ2n) is 5.53. The quantitative estimate of drug-likeness (QED) is 0.806. The highest BCUT2D eigenvalue weighted by Gasteiger charge is 2.46. The van der Waals surface area contributed by atoms with Crippen LogP contribution in [0.15, 0.2) is 0 Å². The molecule has 2 atom stereocenters. The fourth-order valence-corrected chi connectivity index (χ4v) is 2.83. The van der Waals surface area contributed by atoms with E-state index < -0.39 is 0 Å². The average Bonchev–Trinajstić information content (AvgIpc) is 2.50. The summed E-state index contributed by atoms with van der Waals surface area (Å²) in [5.74, 6) is 0.707. The van der Waals surface area contributed by atoms with Crippen LogP contribution in [0.3, 0.4) is 0 Å². The lowest BCUT2D eigenvalue weighted by molar-refractivity contribution is -0.139. The number of nitrogens with one attached hydrogen (secondary N) is 1. The van der Waals surface area contributed by atoms with Gasteiger partial charge in [-0.1, -0.05) is 13.8 Å². The lowest BCUT2D eigenvalue weighted by Crippen LogP contribution is -2.54. The van der Waals surface area contributed by atoms with Gasteiger partial charge in [0.15, 0.2) is 0 Å². The van der Waals surface area contributed by atoms with Crippen LogP contribution in [-0.4, -0.2) is 41.8 Å². The number of amides is 1. The summed E-state index contributed by atoms with van der Waals surface area (Å²) in [5.41, 5.74) is 0. The van der Waals surface area contributed by atoms with E-state index in [1.165, 1.54) is 0 Å². The van der Waals surface area contributed by atoms with Crippen molar-refractivity contribution in [2.75, 3.05) is 6.61 Å². The number of hydrogen-bond acceptors (Lipinski definition) is 3. The van der Waals surface area contributed by atoms with Crippen molar-refractivity contribution in [3.05, 3.63) is 0 Å². The molecule has 1 saturated heterocycles. The van der Waals surface area contributed by atoms with E-state index in [1.54, 1.807) is 0 Å². The molecule has 2 fully saturated rings. The molecule has 2 rings (SSSR count). The highest BCUT2D eigenvalue weighted by atomic mass is 16.5. The van der Waals surface area contributed by atoms with E-state index in [4.69, 9.17) is 4.74 Å². The lowest BCUT2D eigenvalue weighted by Gasteiger charge is -2.44. The van der Waals surface area contributed by atoms with Crippen molar-refractivity contribution in [1.29, 1.82) is 0 Å². The topological polar surface area (TPSA) is 41.6 Å². The lowest BCUT2D eigenvalue weighted by atomic mass is 9.87. The van der Waals surface area contributed by atoms with E-state index in [2.05, 4.69) is 24.1 Å². The number of rotatable bonds is 4. The van der Waals surface area contributed by atoms with Crippen LogP contribution in [0.5, 0.6) is 0 Å². The highest BCUT2D eigenvalue weighted by molar-refractivity contribution is 5.84. The van der Waals surface area contributed by atoms with Gasteiger partial charge in [-0.25, -0.2) is 0 Å². The van der Waals surface area contributed by atoms with Crippen LogP contribution in [-0.2, 0) is 9.53 Å². The van der Waals surface area contributed by atoms with Crippen molar-refractivity contribution in [2.24, 2.45) is 5.92 Å². The van der Waals surface area contributed by atoms with Crippen molar-refractivity contribution in [3.8, 4) is 0 Å². The second-order valence-corrected chi connectivity index (χ2v) is 5.53. The van der Waals surface area contributed by atoms with Gasteiger partial charge in [-0.2, -0.15) is 0 Å². The molecule has 4 nitrogen and oxygen atoms in total. The van der Waals surface area contributed by atoms with Crippen molar-refractivity contribution < 1.29 is 9.53 Å². The third kappa shape index (κ3) is 2.33. The summed E-state index contributed by atoms with van der Waals surface area (Å²) in [4.78, 5) is 14.2. The van der Waals surface area contributed by atoms with Crippen LogP contribution in [0.1, 0.15) is 40.5 Å². The Labute approximate surface area is 104 Å². The third-order valence-corrected chi connectivity index (χ3v) is 3.84. The Morgan fingerprint density at radius 2 is 2.12 bits per heavy atom. The monoisotopic (exact) mass is 240 g/mol. The summed E-state index contributed by atoms with van der Waals surface area (Å²) in [7, 11) is 0. The van der Waals surface area contributed by atoms with E-state index in [0.717, 1.165) is 19.4 Å². The number of carbonyl (C=O) groups excluding carboxylic acids is 1. The van der Waals surface area contributed by atoms with E-state index >= 15 is 0 Å². The Hall–Kier alpha value is -0.610. The molecule has 0 aromatic rings. The van der Waals surface area contributed by atoms with E-state index in [-0.39, 0.29) is 18.1 Å². The van der Waals surface area contributed by atoms with Gasteiger partial charge in [0.2, 0.25) is 5.91 Å². The molecule has 2 unspecified atom stereocenters. The Bertz CT molecular complexity index is 287. The first-order chi connectivity index (χ1) is 8.04. The molecule has 0 radical (unpaired) electrons. The van der Waals surface area contributed by atoms with Crippen LogP contribution >= 0.6 is 0 Å². The summed E-state index contributed by atoms with van der Waals surface area (Å²) in [5, 5.41) is 3.38. The molecule has 1 amide bonds. The second kappa shape index (κ2) is 4.94. The summed E-state index contributed by atoms with van der Waals surface area (Å²) in [6.45, 7) is 9.07. The van der Waals surface area contributed by atoms with Crippen molar-refractivity contribution in [2.45, 2.75) is 64.9 Å². The predicted octanol–water partition coefficient (Wildman–Crippen LogP) is 1.36. The molecule has 17 heavy (non-hydrogen) atoms. The third-order valence-electron chi connectivity index (χ3n) is 3.84. The number of ether oxygens (including phenoxy) is 1. The molecule has 1 aliphatic heterocycles. The molecular weight excluding hydrogens is 216 g/mol.